The predicted octanol–water partition coefficient (Wildman–Crippen LogP) is 4.25. The lowest BCUT2D eigenvalue weighted by molar-refractivity contribution is -0.112. The van der Waals surface area contributed by atoms with E-state index in [9.17, 15) is 10.1 Å². The molecule has 8 heteroatoms. The second-order valence-electron chi connectivity index (χ2n) is 4.65. The van der Waals surface area contributed by atoms with Crippen molar-refractivity contribution in [1.82, 2.24) is 4.98 Å². The van der Waals surface area contributed by atoms with Gasteiger partial charge in [0.05, 0.1) is 13.2 Å². The van der Waals surface area contributed by atoms with Crippen LogP contribution < -0.4 is 14.8 Å². The molecule has 0 saturated heterocycles. The van der Waals surface area contributed by atoms with E-state index in [1.54, 1.807) is 23.7 Å². The van der Waals surface area contributed by atoms with Gasteiger partial charge in [0.15, 0.2) is 16.6 Å². The van der Waals surface area contributed by atoms with Crippen molar-refractivity contribution in [2.24, 2.45) is 0 Å². The summed E-state index contributed by atoms with van der Waals surface area (Å²) in [4.78, 5) is 16.2. The lowest BCUT2D eigenvalue weighted by Gasteiger charge is -2.13. The van der Waals surface area contributed by atoms with E-state index >= 15 is 0 Å². The smallest absolute Gasteiger partial charge is 0.268 e. The second-order valence-corrected chi connectivity index (χ2v) is 6.40. The summed E-state index contributed by atoms with van der Waals surface area (Å²) < 4.78 is 11.8. The number of nitrogens with zero attached hydrogens (tertiary/aromatic N) is 2. The summed E-state index contributed by atoms with van der Waals surface area (Å²) in [6, 6.07) is 5.40. The predicted molar refractivity (Wildman–Crippen MR) is 101 cm³/mol. The number of hydrogen-bond donors (Lipinski definition) is 1. The molecular weight excluding hydrogens is 406 g/mol. The third-order valence-electron chi connectivity index (χ3n) is 2.98. The summed E-state index contributed by atoms with van der Waals surface area (Å²) in [5.74, 6) is 0.631. The SMILES string of the molecule is CCOc1cc(Br)c(C=C(C#N)C(=O)Nc2nccs2)cc1OCC. The number of amides is 1. The van der Waals surface area contributed by atoms with E-state index in [-0.39, 0.29) is 5.57 Å². The molecule has 1 aromatic carbocycles. The number of ether oxygens (including phenoxy) is 2. The fraction of sp³-hybridized carbons (Fsp3) is 0.235. The first-order valence-electron chi connectivity index (χ1n) is 7.50. The number of carbonyl (C=O) groups excluding carboxylic acids is 1. The summed E-state index contributed by atoms with van der Waals surface area (Å²) in [5, 5.41) is 14.1. The Morgan fingerprint density at radius 3 is 2.60 bits per heavy atom. The van der Waals surface area contributed by atoms with Crippen molar-refractivity contribution in [3.05, 3.63) is 39.3 Å². The maximum absolute atomic E-state index is 12.2. The Kier molecular flexibility index (Phi) is 6.98. The molecule has 0 unspecified atom stereocenters. The molecule has 25 heavy (non-hydrogen) atoms. The summed E-state index contributed by atoms with van der Waals surface area (Å²) in [7, 11) is 0. The van der Waals surface area contributed by atoms with Gasteiger partial charge in [0.1, 0.15) is 11.6 Å². The summed E-state index contributed by atoms with van der Waals surface area (Å²) in [6.07, 6.45) is 3.07. The monoisotopic (exact) mass is 421 g/mol. The lowest BCUT2D eigenvalue weighted by atomic mass is 10.1. The first kappa shape index (κ1) is 19.0. The Bertz CT molecular complexity index is 813. The number of hydrogen-bond acceptors (Lipinski definition) is 6. The van der Waals surface area contributed by atoms with Gasteiger partial charge in [-0.1, -0.05) is 15.9 Å². The van der Waals surface area contributed by atoms with Gasteiger partial charge in [0.2, 0.25) is 0 Å². The van der Waals surface area contributed by atoms with Crippen LogP contribution in [0.25, 0.3) is 6.08 Å². The molecule has 1 aromatic heterocycles. The van der Waals surface area contributed by atoms with E-state index in [1.165, 1.54) is 17.4 Å². The number of anilines is 1. The van der Waals surface area contributed by atoms with Crippen LogP contribution in [0.2, 0.25) is 0 Å². The molecular formula is C17H16BrN3O3S. The fourth-order valence-corrected chi connectivity index (χ4v) is 2.91. The van der Waals surface area contributed by atoms with E-state index < -0.39 is 5.91 Å². The highest BCUT2D eigenvalue weighted by Crippen LogP contribution is 2.35. The summed E-state index contributed by atoms with van der Waals surface area (Å²) >= 11 is 4.72. The Morgan fingerprint density at radius 2 is 2.04 bits per heavy atom. The van der Waals surface area contributed by atoms with Gasteiger partial charge in [-0.05, 0) is 37.6 Å². The number of nitrogens with one attached hydrogen (secondary N) is 1. The Hall–Kier alpha value is -2.37. The molecule has 0 bridgehead atoms. The van der Waals surface area contributed by atoms with E-state index in [1.807, 2.05) is 19.9 Å². The molecule has 6 nitrogen and oxygen atoms in total. The lowest BCUT2D eigenvalue weighted by Crippen LogP contribution is -2.13. The van der Waals surface area contributed by atoms with Gasteiger partial charge < -0.3 is 9.47 Å². The van der Waals surface area contributed by atoms with Crippen LogP contribution in [0.15, 0.2) is 33.8 Å². The van der Waals surface area contributed by atoms with E-state index in [0.717, 1.165) is 0 Å². The van der Waals surface area contributed by atoms with Crippen molar-refractivity contribution in [3.8, 4) is 17.6 Å². The number of nitriles is 1. The van der Waals surface area contributed by atoms with E-state index in [4.69, 9.17) is 9.47 Å². The van der Waals surface area contributed by atoms with Gasteiger partial charge >= 0.3 is 0 Å². The summed E-state index contributed by atoms with van der Waals surface area (Å²) in [6.45, 7) is 4.73. The molecule has 0 fully saturated rings. The maximum Gasteiger partial charge on any atom is 0.268 e. The molecule has 1 amide bonds. The van der Waals surface area contributed by atoms with Crippen molar-refractivity contribution < 1.29 is 14.3 Å². The van der Waals surface area contributed by atoms with Gasteiger partial charge in [-0.15, -0.1) is 11.3 Å². The molecule has 0 aliphatic heterocycles. The second kappa shape index (κ2) is 9.20. The van der Waals surface area contributed by atoms with Crippen molar-refractivity contribution in [1.29, 1.82) is 5.26 Å². The van der Waals surface area contributed by atoms with Crippen molar-refractivity contribution in [3.63, 3.8) is 0 Å². The Labute approximate surface area is 158 Å². The maximum atomic E-state index is 12.2. The minimum Gasteiger partial charge on any atom is -0.490 e. The number of aromatic nitrogens is 1. The highest BCUT2D eigenvalue weighted by atomic mass is 79.9. The number of benzene rings is 1. The minimum atomic E-state index is -0.517. The van der Waals surface area contributed by atoms with Crippen LogP contribution in [0, 0.1) is 11.3 Å². The van der Waals surface area contributed by atoms with Crippen LogP contribution in [-0.4, -0.2) is 24.1 Å². The minimum absolute atomic E-state index is 0.0393. The number of thiazole rings is 1. The first-order valence-corrected chi connectivity index (χ1v) is 9.18. The highest BCUT2D eigenvalue weighted by Gasteiger charge is 2.14. The largest absolute Gasteiger partial charge is 0.490 e. The molecule has 0 aliphatic carbocycles. The fourth-order valence-electron chi connectivity index (χ4n) is 1.95. The molecule has 1 N–H and O–H groups in total. The molecule has 2 rings (SSSR count). The summed E-state index contributed by atoms with van der Waals surface area (Å²) in [5.41, 5.74) is 0.597. The van der Waals surface area contributed by atoms with Gasteiger partial charge in [-0.25, -0.2) is 4.98 Å². The van der Waals surface area contributed by atoms with Crippen LogP contribution >= 0.6 is 27.3 Å². The zero-order chi connectivity index (χ0) is 18.2. The first-order chi connectivity index (χ1) is 12.1. The zero-order valence-electron chi connectivity index (χ0n) is 13.7. The van der Waals surface area contributed by atoms with Crippen LogP contribution in [0.4, 0.5) is 5.13 Å². The van der Waals surface area contributed by atoms with Crippen LogP contribution in [0.5, 0.6) is 11.5 Å². The molecule has 1 heterocycles. The Morgan fingerprint density at radius 1 is 1.36 bits per heavy atom. The third kappa shape index (κ3) is 5.05. The van der Waals surface area contributed by atoms with E-state index in [2.05, 4.69) is 26.2 Å². The van der Waals surface area contributed by atoms with Crippen molar-refractivity contribution in [2.45, 2.75) is 13.8 Å². The van der Waals surface area contributed by atoms with Crippen LogP contribution in [0.1, 0.15) is 19.4 Å². The molecule has 0 atom stereocenters. The van der Waals surface area contributed by atoms with Crippen LogP contribution in [-0.2, 0) is 4.79 Å². The molecule has 0 radical (unpaired) electrons. The van der Waals surface area contributed by atoms with Crippen molar-refractivity contribution in [2.75, 3.05) is 18.5 Å². The van der Waals surface area contributed by atoms with Crippen molar-refractivity contribution >= 4 is 44.4 Å². The normalized spacial score (nSPS) is 10.9. The number of rotatable bonds is 7. The average Bonchev–Trinajstić information content (AvgIpc) is 3.09. The molecule has 0 aliphatic rings. The standard InChI is InChI=1S/C17H16BrN3O3S/c1-3-23-14-8-11(13(18)9-15(14)24-4-2)7-12(10-19)16(22)21-17-20-5-6-25-17/h5-9H,3-4H2,1-2H3,(H,20,21,22). The topological polar surface area (TPSA) is 84.2 Å². The third-order valence-corrected chi connectivity index (χ3v) is 4.36. The quantitative estimate of drug-likeness (QED) is 0.533. The number of halogens is 1. The highest BCUT2D eigenvalue weighted by molar-refractivity contribution is 9.10. The van der Waals surface area contributed by atoms with Gasteiger partial charge in [0, 0.05) is 16.0 Å². The molecule has 0 saturated carbocycles. The zero-order valence-corrected chi connectivity index (χ0v) is 16.1. The van der Waals surface area contributed by atoms with E-state index in [0.29, 0.717) is 39.9 Å². The van der Waals surface area contributed by atoms with Gasteiger partial charge in [-0.2, -0.15) is 5.26 Å². The molecule has 130 valence electrons. The average molecular weight is 422 g/mol. The molecule has 2 aromatic rings. The Balaban J connectivity index is 2.34. The van der Waals surface area contributed by atoms with Gasteiger partial charge in [-0.3, -0.25) is 10.1 Å². The molecule has 0 spiro atoms. The van der Waals surface area contributed by atoms with Gasteiger partial charge in [0.25, 0.3) is 5.91 Å². The number of carbonyl (C=O) groups is 1. The van der Waals surface area contributed by atoms with Crippen LogP contribution in [0.3, 0.4) is 0 Å².